The van der Waals surface area contributed by atoms with Crippen molar-refractivity contribution in [1.29, 1.82) is 0 Å². The fourth-order valence-electron chi connectivity index (χ4n) is 2.18. The van der Waals surface area contributed by atoms with E-state index in [1.54, 1.807) is 12.1 Å². The first kappa shape index (κ1) is 14.5. The van der Waals surface area contributed by atoms with Gasteiger partial charge >= 0.3 is 0 Å². The Morgan fingerprint density at radius 2 is 1.84 bits per heavy atom. The lowest BCUT2D eigenvalue weighted by atomic mass is 9.89. The summed E-state index contributed by atoms with van der Waals surface area (Å²) in [6, 6.07) is 7.12. The van der Waals surface area contributed by atoms with E-state index in [9.17, 15) is 8.42 Å². The fraction of sp³-hybridized carbons (Fsp3) is 0.538. The van der Waals surface area contributed by atoms with Crippen LogP contribution in [0, 0.1) is 0 Å². The van der Waals surface area contributed by atoms with Crippen LogP contribution >= 0.6 is 0 Å². The van der Waals surface area contributed by atoms with Gasteiger partial charge in [-0.2, -0.15) is 0 Å². The molecular formula is C13H21N3O2S. The Morgan fingerprint density at radius 3 is 2.32 bits per heavy atom. The van der Waals surface area contributed by atoms with Crippen LogP contribution in [0.15, 0.2) is 29.2 Å². The molecule has 19 heavy (non-hydrogen) atoms. The molecule has 1 aliphatic rings. The maximum Gasteiger partial charge on any atom is 0.240 e. The Kier molecular flexibility index (Phi) is 4.25. The second kappa shape index (κ2) is 5.58. The lowest BCUT2D eigenvalue weighted by molar-refractivity contribution is 0.327. The van der Waals surface area contributed by atoms with Crippen molar-refractivity contribution in [3.05, 3.63) is 29.8 Å². The topological polar surface area (TPSA) is 75.4 Å². The summed E-state index contributed by atoms with van der Waals surface area (Å²) < 4.78 is 26.9. The van der Waals surface area contributed by atoms with E-state index in [1.807, 2.05) is 31.1 Å². The number of sulfonamides is 1. The second-order valence-electron chi connectivity index (χ2n) is 5.43. The molecule has 3 N–H and O–H groups in total. The first-order valence-corrected chi connectivity index (χ1v) is 7.87. The molecule has 1 fully saturated rings. The summed E-state index contributed by atoms with van der Waals surface area (Å²) in [5, 5.41) is 0. The molecule has 0 amide bonds. The first-order valence-electron chi connectivity index (χ1n) is 6.38. The largest absolute Gasteiger partial charge is 0.328 e. The zero-order valence-electron chi connectivity index (χ0n) is 11.3. The van der Waals surface area contributed by atoms with Gasteiger partial charge in [-0.1, -0.05) is 12.1 Å². The molecule has 1 aliphatic carbocycles. The summed E-state index contributed by atoms with van der Waals surface area (Å²) in [6.07, 6.45) is 1.44. The summed E-state index contributed by atoms with van der Waals surface area (Å²) in [7, 11) is 0.548. The van der Waals surface area contributed by atoms with Crippen molar-refractivity contribution in [2.24, 2.45) is 5.73 Å². The average molecular weight is 283 g/mol. The Hall–Kier alpha value is -0.950. The van der Waals surface area contributed by atoms with Crippen LogP contribution < -0.4 is 10.5 Å². The summed E-state index contributed by atoms with van der Waals surface area (Å²) in [5.41, 5.74) is 6.75. The van der Waals surface area contributed by atoms with E-state index in [0.717, 1.165) is 24.9 Å². The maximum absolute atomic E-state index is 12.1. The van der Waals surface area contributed by atoms with E-state index < -0.39 is 10.0 Å². The Balaban J connectivity index is 2.04. The molecular weight excluding hydrogens is 262 g/mol. The highest BCUT2D eigenvalue weighted by molar-refractivity contribution is 7.89. The van der Waals surface area contributed by atoms with E-state index in [4.69, 9.17) is 5.73 Å². The van der Waals surface area contributed by atoms with E-state index in [-0.39, 0.29) is 12.1 Å². The fourth-order valence-corrected chi connectivity index (χ4v) is 3.45. The monoisotopic (exact) mass is 283 g/mol. The van der Waals surface area contributed by atoms with E-state index in [2.05, 4.69) is 4.72 Å². The van der Waals surface area contributed by atoms with Gasteiger partial charge in [0, 0.05) is 18.6 Å². The second-order valence-corrected chi connectivity index (χ2v) is 7.15. The SMILES string of the molecule is CN(C)Cc1ccc(S(=O)(=O)NC2CC(N)C2)cc1. The highest BCUT2D eigenvalue weighted by Gasteiger charge is 2.30. The first-order chi connectivity index (χ1) is 8.87. The van der Waals surface area contributed by atoms with Crippen LogP contribution in [0.3, 0.4) is 0 Å². The molecule has 0 heterocycles. The van der Waals surface area contributed by atoms with Gasteiger partial charge in [0.1, 0.15) is 0 Å². The zero-order chi connectivity index (χ0) is 14.0. The molecule has 0 unspecified atom stereocenters. The van der Waals surface area contributed by atoms with Crippen molar-refractivity contribution >= 4 is 10.0 Å². The van der Waals surface area contributed by atoms with Crippen LogP contribution in [0.25, 0.3) is 0 Å². The van der Waals surface area contributed by atoms with Crippen LogP contribution in [-0.2, 0) is 16.6 Å². The van der Waals surface area contributed by atoms with E-state index in [1.165, 1.54) is 0 Å². The highest BCUT2D eigenvalue weighted by atomic mass is 32.2. The number of hydrogen-bond donors (Lipinski definition) is 2. The normalized spacial score (nSPS) is 23.4. The smallest absolute Gasteiger partial charge is 0.240 e. The van der Waals surface area contributed by atoms with Crippen LogP contribution in [0.2, 0.25) is 0 Å². The number of hydrogen-bond acceptors (Lipinski definition) is 4. The standard InChI is InChI=1S/C13H21N3O2S/c1-16(2)9-10-3-5-13(6-4-10)19(17,18)15-12-7-11(14)8-12/h3-6,11-12,15H,7-9,14H2,1-2H3. The molecule has 2 rings (SSSR count). The minimum Gasteiger partial charge on any atom is -0.328 e. The van der Waals surface area contributed by atoms with Crippen molar-refractivity contribution in [2.75, 3.05) is 14.1 Å². The van der Waals surface area contributed by atoms with Crippen molar-refractivity contribution in [3.8, 4) is 0 Å². The van der Waals surface area contributed by atoms with Gasteiger partial charge in [-0.15, -0.1) is 0 Å². The van der Waals surface area contributed by atoms with Crippen LogP contribution in [0.4, 0.5) is 0 Å². The number of nitrogens with one attached hydrogen (secondary N) is 1. The molecule has 1 saturated carbocycles. The molecule has 1 aromatic rings. The molecule has 0 bridgehead atoms. The van der Waals surface area contributed by atoms with Gasteiger partial charge in [0.05, 0.1) is 4.90 Å². The van der Waals surface area contributed by atoms with Gasteiger partial charge < -0.3 is 10.6 Å². The quantitative estimate of drug-likeness (QED) is 0.826. The maximum atomic E-state index is 12.1. The third-order valence-electron chi connectivity index (χ3n) is 3.23. The van der Waals surface area contributed by atoms with Crippen LogP contribution in [0.5, 0.6) is 0 Å². The van der Waals surface area contributed by atoms with Crippen molar-refractivity contribution < 1.29 is 8.42 Å². The molecule has 0 radical (unpaired) electrons. The molecule has 0 saturated heterocycles. The third-order valence-corrected chi connectivity index (χ3v) is 4.77. The van der Waals surface area contributed by atoms with Gasteiger partial charge in [0.15, 0.2) is 0 Å². The van der Waals surface area contributed by atoms with Gasteiger partial charge in [0.25, 0.3) is 0 Å². The molecule has 0 aromatic heterocycles. The van der Waals surface area contributed by atoms with E-state index in [0.29, 0.717) is 4.90 Å². The molecule has 106 valence electrons. The minimum atomic E-state index is -3.41. The van der Waals surface area contributed by atoms with Crippen molar-refractivity contribution in [3.63, 3.8) is 0 Å². The molecule has 1 aromatic carbocycles. The van der Waals surface area contributed by atoms with Crippen LogP contribution in [0.1, 0.15) is 18.4 Å². The van der Waals surface area contributed by atoms with Gasteiger partial charge in [-0.25, -0.2) is 13.1 Å². The van der Waals surface area contributed by atoms with Crippen molar-refractivity contribution in [1.82, 2.24) is 9.62 Å². The van der Waals surface area contributed by atoms with Gasteiger partial charge in [-0.3, -0.25) is 0 Å². The summed E-state index contributed by atoms with van der Waals surface area (Å²) >= 11 is 0. The lowest BCUT2D eigenvalue weighted by Crippen LogP contribution is -2.50. The zero-order valence-corrected chi connectivity index (χ0v) is 12.2. The highest BCUT2D eigenvalue weighted by Crippen LogP contribution is 2.20. The minimum absolute atomic E-state index is 0.0125. The summed E-state index contributed by atoms with van der Waals surface area (Å²) in [4.78, 5) is 2.35. The predicted molar refractivity (Wildman–Crippen MR) is 75.2 cm³/mol. The number of benzene rings is 1. The van der Waals surface area contributed by atoms with Crippen molar-refractivity contribution in [2.45, 2.75) is 36.4 Å². The summed E-state index contributed by atoms with van der Waals surface area (Å²) in [6.45, 7) is 0.797. The molecule has 6 heteroatoms. The third kappa shape index (κ3) is 3.76. The van der Waals surface area contributed by atoms with Gasteiger partial charge in [0.2, 0.25) is 10.0 Å². The predicted octanol–water partition coefficient (Wildman–Crippen LogP) is 0.516. The van der Waals surface area contributed by atoms with Gasteiger partial charge in [-0.05, 0) is 44.6 Å². The average Bonchev–Trinajstić information content (AvgIpc) is 2.26. The Labute approximate surface area is 114 Å². The molecule has 0 spiro atoms. The Bertz CT molecular complexity index is 519. The van der Waals surface area contributed by atoms with E-state index >= 15 is 0 Å². The Morgan fingerprint density at radius 1 is 1.26 bits per heavy atom. The lowest BCUT2D eigenvalue weighted by Gasteiger charge is -2.32. The molecule has 5 nitrogen and oxygen atoms in total. The number of rotatable bonds is 5. The van der Waals surface area contributed by atoms with Crippen LogP contribution in [-0.4, -0.2) is 39.5 Å². The summed E-state index contributed by atoms with van der Waals surface area (Å²) in [5.74, 6) is 0. The molecule has 0 atom stereocenters. The molecule has 0 aliphatic heterocycles. The number of nitrogens with two attached hydrogens (primary N) is 1. The number of nitrogens with zero attached hydrogens (tertiary/aromatic N) is 1.